The van der Waals surface area contributed by atoms with Gasteiger partial charge in [0.1, 0.15) is 0 Å². The lowest BCUT2D eigenvalue weighted by molar-refractivity contribution is -0.154. The standard InChI is InChI=1S/C15H24O.C2H2O5/c1-2-4-16-14(3-1)15-8-11-5-12(9-15)7-13(6-11)10-15;3-1(4)7-2(5)6/h11-14H,1-10H2;(H,3,4)(H,5,6). The second-order valence-electron chi connectivity index (χ2n) is 7.77. The van der Waals surface area contributed by atoms with Crippen LogP contribution in [0.3, 0.4) is 0 Å². The number of ether oxygens (including phenoxy) is 2. The fraction of sp³-hybridized carbons (Fsp3) is 0.882. The van der Waals surface area contributed by atoms with Gasteiger partial charge in [0.15, 0.2) is 0 Å². The highest BCUT2D eigenvalue weighted by molar-refractivity contribution is 5.74. The Morgan fingerprint density at radius 1 is 0.913 bits per heavy atom. The first-order chi connectivity index (χ1) is 11.0. The lowest BCUT2D eigenvalue weighted by Crippen LogP contribution is -2.53. The van der Waals surface area contributed by atoms with Gasteiger partial charge in [-0.15, -0.1) is 0 Å². The Balaban J connectivity index is 0.000000193. The number of rotatable bonds is 1. The van der Waals surface area contributed by atoms with Gasteiger partial charge >= 0.3 is 12.3 Å². The van der Waals surface area contributed by atoms with Crippen molar-refractivity contribution in [1.82, 2.24) is 0 Å². The number of carbonyl (C=O) groups is 2. The maximum atomic E-state index is 9.21. The van der Waals surface area contributed by atoms with Gasteiger partial charge in [0, 0.05) is 6.61 Å². The number of hydrogen-bond donors (Lipinski definition) is 2. The van der Waals surface area contributed by atoms with Crippen molar-refractivity contribution in [3.8, 4) is 0 Å². The molecule has 0 radical (unpaired) electrons. The van der Waals surface area contributed by atoms with Crippen LogP contribution in [-0.4, -0.2) is 35.2 Å². The van der Waals surface area contributed by atoms with E-state index in [4.69, 9.17) is 14.9 Å². The van der Waals surface area contributed by atoms with E-state index in [0.29, 0.717) is 11.5 Å². The minimum Gasteiger partial charge on any atom is -0.449 e. The van der Waals surface area contributed by atoms with E-state index in [0.717, 1.165) is 24.4 Å². The zero-order chi connectivity index (χ0) is 16.4. The Kier molecular flexibility index (Phi) is 4.80. The molecule has 5 fully saturated rings. The third kappa shape index (κ3) is 3.79. The molecule has 5 aliphatic rings. The molecule has 4 saturated carbocycles. The molecule has 23 heavy (non-hydrogen) atoms. The summed E-state index contributed by atoms with van der Waals surface area (Å²) in [7, 11) is 0. The van der Waals surface area contributed by atoms with E-state index in [1.165, 1.54) is 38.5 Å². The summed E-state index contributed by atoms with van der Waals surface area (Å²) < 4.78 is 9.25. The van der Waals surface area contributed by atoms with Gasteiger partial charge in [-0.3, -0.25) is 0 Å². The van der Waals surface area contributed by atoms with Gasteiger partial charge in [-0.05, 0) is 81.0 Å². The van der Waals surface area contributed by atoms with E-state index in [-0.39, 0.29) is 0 Å². The molecule has 4 bridgehead atoms. The molecule has 0 amide bonds. The molecule has 130 valence electrons. The molecule has 6 heteroatoms. The lowest BCUT2D eigenvalue weighted by Gasteiger charge is -2.59. The first-order valence-electron chi connectivity index (χ1n) is 8.72. The SMILES string of the molecule is C1CCC(C23CC4CC(CC(C4)C2)C3)OC1.O=C(O)OC(=O)O. The van der Waals surface area contributed by atoms with E-state index in [9.17, 15) is 9.59 Å². The third-order valence-electron chi connectivity index (χ3n) is 6.12. The van der Waals surface area contributed by atoms with Crippen molar-refractivity contribution in [3.05, 3.63) is 0 Å². The molecule has 4 aliphatic carbocycles. The predicted molar refractivity (Wildman–Crippen MR) is 81.3 cm³/mol. The summed E-state index contributed by atoms with van der Waals surface area (Å²) in [6.07, 6.45) is 10.4. The van der Waals surface area contributed by atoms with Crippen molar-refractivity contribution < 1.29 is 29.3 Å². The molecular formula is C17H26O6. The minimum atomic E-state index is -1.81. The fourth-order valence-electron chi connectivity index (χ4n) is 5.87. The number of carboxylic acid groups (broad SMARTS) is 2. The Labute approximate surface area is 136 Å². The summed E-state index contributed by atoms with van der Waals surface area (Å²) in [5.41, 5.74) is 0.648. The molecule has 1 unspecified atom stereocenters. The van der Waals surface area contributed by atoms with Crippen LogP contribution in [0.15, 0.2) is 0 Å². The highest BCUT2D eigenvalue weighted by Gasteiger charge is 2.54. The van der Waals surface area contributed by atoms with E-state index in [2.05, 4.69) is 4.74 Å². The van der Waals surface area contributed by atoms with Crippen LogP contribution < -0.4 is 0 Å². The van der Waals surface area contributed by atoms with Gasteiger partial charge in [-0.1, -0.05) is 0 Å². The van der Waals surface area contributed by atoms with Crippen molar-refractivity contribution >= 4 is 12.3 Å². The monoisotopic (exact) mass is 326 g/mol. The quantitative estimate of drug-likeness (QED) is 0.556. The van der Waals surface area contributed by atoms with Crippen molar-refractivity contribution in [3.63, 3.8) is 0 Å². The second-order valence-corrected chi connectivity index (χ2v) is 7.77. The Morgan fingerprint density at radius 3 is 1.78 bits per heavy atom. The van der Waals surface area contributed by atoms with Crippen LogP contribution in [0, 0.1) is 23.2 Å². The predicted octanol–water partition coefficient (Wildman–Crippen LogP) is 4.13. The van der Waals surface area contributed by atoms with E-state index < -0.39 is 12.3 Å². The van der Waals surface area contributed by atoms with Gasteiger partial charge in [-0.25, -0.2) is 9.59 Å². The van der Waals surface area contributed by atoms with Gasteiger partial charge in [0.2, 0.25) is 0 Å². The van der Waals surface area contributed by atoms with E-state index in [1.54, 1.807) is 19.3 Å². The molecule has 1 aliphatic heterocycles. The van der Waals surface area contributed by atoms with Crippen LogP contribution in [0.4, 0.5) is 9.59 Å². The number of hydrogen-bond acceptors (Lipinski definition) is 4. The largest absolute Gasteiger partial charge is 0.516 e. The zero-order valence-corrected chi connectivity index (χ0v) is 13.4. The molecular weight excluding hydrogens is 300 g/mol. The van der Waals surface area contributed by atoms with Crippen molar-refractivity contribution in [1.29, 1.82) is 0 Å². The first kappa shape index (κ1) is 16.6. The van der Waals surface area contributed by atoms with Crippen LogP contribution in [0.1, 0.15) is 57.8 Å². The Bertz CT molecular complexity index is 407. The molecule has 6 nitrogen and oxygen atoms in total. The van der Waals surface area contributed by atoms with Gasteiger partial charge < -0.3 is 19.7 Å². The summed E-state index contributed by atoms with van der Waals surface area (Å²) in [5, 5.41) is 15.0. The van der Waals surface area contributed by atoms with Gasteiger partial charge in [0.25, 0.3) is 0 Å². The molecule has 1 atom stereocenters. The van der Waals surface area contributed by atoms with Crippen molar-refractivity contribution in [2.45, 2.75) is 63.9 Å². The average Bonchev–Trinajstić information content (AvgIpc) is 2.46. The molecule has 0 aromatic heterocycles. The molecule has 0 aromatic carbocycles. The topological polar surface area (TPSA) is 93.1 Å². The van der Waals surface area contributed by atoms with E-state index >= 15 is 0 Å². The van der Waals surface area contributed by atoms with Crippen LogP contribution >= 0.6 is 0 Å². The molecule has 1 heterocycles. The van der Waals surface area contributed by atoms with Gasteiger partial charge in [0.05, 0.1) is 6.10 Å². The second kappa shape index (κ2) is 6.67. The van der Waals surface area contributed by atoms with Crippen LogP contribution in [0.2, 0.25) is 0 Å². The van der Waals surface area contributed by atoms with Gasteiger partial charge in [-0.2, -0.15) is 0 Å². The zero-order valence-electron chi connectivity index (χ0n) is 13.4. The molecule has 1 saturated heterocycles. The average molecular weight is 326 g/mol. The summed E-state index contributed by atoms with van der Waals surface area (Å²) in [6.45, 7) is 1.05. The van der Waals surface area contributed by atoms with E-state index in [1.807, 2.05) is 0 Å². The highest BCUT2D eigenvalue weighted by Crippen LogP contribution is 2.62. The molecule has 0 aromatic rings. The van der Waals surface area contributed by atoms with Crippen molar-refractivity contribution in [2.75, 3.05) is 6.61 Å². The lowest BCUT2D eigenvalue weighted by atomic mass is 9.47. The Hall–Kier alpha value is -1.30. The Morgan fingerprint density at radius 2 is 1.43 bits per heavy atom. The summed E-state index contributed by atoms with van der Waals surface area (Å²) >= 11 is 0. The minimum absolute atomic E-state index is 0.648. The maximum Gasteiger partial charge on any atom is 0.516 e. The van der Waals surface area contributed by atoms with Crippen molar-refractivity contribution in [2.24, 2.45) is 23.2 Å². The molecule has 0 spiro atoms. The normalized spacial score (nSPS) is 40.9. The molecule has 5 rings (SSSR count). The molecule has 2 N–H and O–H groups in total. The fourth-order valence-corrected chi connectivity index (χ4v) is 5.87. The summed E-state index contributed by atoms with van der Waals surface area (Å²) in [4.78, 5) is 18.4. The smallest absolute Gasteiger partial charge is 0.449 e. The maximum absolute atomic E-state index is 9.21. The highest BCUT2D eigenvalue weighted by atomic mass is 16.7. The summed E-state index contributed by atoms with van der Waals surface area (Å²) in [6, 6.07) is 0. The van der Waals surface area contributed by atoms with Crippen LogP contribution in [0.25, 0.3) is 0 Å². The van der Waals surface area contributed by atoms with Crippen LogP contribution in [-0.2, 0) is 9.47 Å². The third-order valence-corrected chi connectivity index (χ3v) is 6.12. The first-order valence-corrected chi connectivity index (χ1v) is 8.72. The summed E-state index contributed by atoms with van der Waals surface area (Å²) in [5.74, 6) is 3.24. The van der Waals surface area contributed by atoms with Crippen LogP contribution in [0.5, 0.6) is 0 Å².